The quantitative estimate of drug-likeness (QED) is 0.651. The largest absolute Gasteiger partial charge is 0.511 e. The number of aliphatic hydroxyl groups is 2. The van der Waals surface area contributed by atoms with Gasteiger partial charge in [-0.3, -0.25) is 0 Å². The van der Waals surface area contributed by atoms with E-state index in [-0.39, 0.29) is 11.5 Å². The third-order valence-corrected chi connectivity index (χ3v) is 4.17. The van der Waals surface area contributed by atoms with Gasteiger partial charge < -0.3 is 10.2 Å². The number of nitriles is 2. The summed E-state index contributed by atoms with van der Waals surface area (Å²) in [6.07, 6.45) is 0.589. The highest BCUT2D eigenvalue weighted by atomic mass is 16.3. The standard InChI is InChI=1S/C12H12N2O2/c1-11-3-7(5-13)10(16)12(11,2)4-8(6-14)9(11)15/h15-16H,3-4H2,1-2H3. The van der Waals surface area contributed by atoms with Crippen molar-refractivity contribution in [3.63, 3.8) is 0 Å². The number of fused-ring (bicyclic) bond motifs is 1. The Morgan fingerprint density at radius 2 is 1.25 bits per heavy atom. The van der Waals surface area contributed by atoms with Gasteiger partial charge >= 0.3 is 0 Å². The SMILES string of the molecule is CC12CC(C#N)=C(O)C1(C)CC(C#N)=C2O. The molecular formula is C12H12N2O2. The normalized spacial score (nSPS) is 37.2. The van der Waals surface area contributed by atoms with Gasteiger partial charge in [-0.1, -0.05) is 13.8 Å². The molecule has 0 saturated heterocycles. The molecule has 4 nitrogen and oxygen atoms in total. The van der Waals surface area contributed by atoms with Crippen LogP contribution < -0.4 is 0 Å². The molecule has 82 valence electrons. The van der Waals surface area contributed by atoms with E-state index >= 15 is 0 Å². The average molecular weight is 216 g/mol. The van der Waals surface area contributed by atoms with Crippen molar-refractivity contribution in [2.45, 2.75) is 26.7 Å². The van der Waals surface area contributed by atoms with E-state index < -0.39 is 10.8 Å². The monoisotopic (exact) mass is 216 g/mol. The molecule has 0 aromatic carbocycles. The third-order valence-electron chi connectivity index (χ3n) is 4.17. The fourth-order valence-corrected chi connectivity index (χ4v) is 2.81. The van der Waals surface area contributed by atoms with Crippen LogP contribution in [0.5, 0.6) is 0 Å². The van der Waals surface area contributed by atoms with E-state index in [0.717, 1.165) is 0 Å². The molecule has 0 amide bonds. The van der Waals surface area contributed by atoms with Crippen LogP contribution in [0.15, 0.2) is 22.7 Å². The molecule has 0 spiro atoms. The van der Waals surface area contributed by atoms with Crippen molar-refractivity contribution in [3.05, 3.63) is 22.7 Å². The molecule has 0 saturated carbocycles. The number of nitrogens with zero attached hydrogens (tertiary/aromatic N) is 2. The third kappa shape index (κ3) is 0.875. The highest BCUT2D eigenvalue weighted by Gasteiger charge is 2.61. The molecule has 2 atom stereocenters. The predicted octanol–water partition coefficient (Wildman–Crippen LogP) is 2.48. The highest BCUT2D eigenvalue weighted by Crippen LogP contribution is 2.65. The molecule has 0 aliphatic heterocycles. The van der Waals surface area contributed by atoms with Crippen LogP contribution in [0, 0.1) is 33.5 Å². The minimum Gasteiger partial charge on any atom is -0.511 e. The van der Waals surface area contributed by atoms with Crippen LogP contribution in [-0.4, -0.2) is 10.2 Å². The zero-order valence-electron chi connectivity index (χ0n) is 9.20. The topological polar surface area (TPSA) is 88.0 Å². The number of allylic oxidation sites excluding steroid dienone is 4. The van der Waals surface area contributed by atoms with Crippen LogP contribution >= 0.6 is 0 Å². The zero-order valence-corrected chi connectivity index (χ0v) is 9.20. The molecule has 2 unspecified atom stereocenters. The smallest absolute Gasteiger partial charge is 0.113 e. The van der Waals surface area contributed by atoms with E-state index in [0.29, 0.717) is 24.0 Å². The van der Waals surface area contributed by atoms with E-state index in [4.69, 9.17) is 10.5 Å². The Bertz CT molecular complexity index is 470. The molecule has 0 fully saturated rings. The van der Waals surface area contributed by atoms with Crippen molar-refractivity contribution in [2.24, 2.45) is 10.8 Å². The van der Waals surface area contributed by atoms with Crippen molar-refractivity contribution >= 4 is 0 Å². The van der Waals surface area contributed by atoms with E-state index in [1.807, 2.05) is 12.1 Å². The van der Waals surface area contributed by atoms with Crippen LogP contribution in [0.2, 0.25) is 0 Å². The Kier molecular flexibility index (Phi) is 1.85. The van der Waals surface area contributed by atoms with Crippen molar-refractivity contribution in [1.29, 1.82) is 10.5 Å². The first-order valence-corrected chi connectivity index (χ1v) is 5.06. The lowest BCUT2D eigenvalue weighted by molar-refractivity contribution is 0.104. The second-order valence-corrected chi connectivity index (χ2v) is 4.90. The van der Waals surface area contributed by atoms with E-state index in [1.165, 1.54) is 0 Å². The zero-order chi connectivity index (χ0) is 12.1. The number of hydrogen-bond donors (Lipinski definition) is 2. The number of hydrogen-bond acceptors (Lipinski definition) is 4. The summed E-state index contributed by atoms with van der Waals surface area (Å²) in [6, 6.07) is 3.92. The maximum atomic E-state index is 10.0. The van der Waals surface area contributed by atoms with Gasteiger partial charge in [0.05, 0.1) is 23.3 Å². The summed E-state index contributed by atoms with van der Waals surface area (Å²) in [5, 5.41) is 37.8. The maximum Gasteiger partial charge on any atom is 0.113 e. The Morgan fingerprint density at radius 1 is 0.938 bits per heavy atom. The van der Waals surface area contributed by atoms with Gasteiger partial charge in [-0.15, -0.1) is 0 Å². The van der Waals surface area contributed by atoms with Crippen molar-refractivity contribution in [1.82, 2.24) is 0 Å². The first-order chi connectivity index (χ1) is 7.40. The van der Waals surface area contributed by atoms with Crippen molar-refractivity contribution in [3.8, 4) is 12.1 Å². The maximum absolute atomic E-state index is 10.0. The molecule has 0 bridgehead atoms. The molecule has 16 heavy (non-hydrogen) atoms. The summed E-state index contributed by atoms with van der Waals surface area (Å²) in [7, 11) is 0. The van der Waals surface area contributed by atoms with Crippen molar-refractivity contribution in [2.75, 3.05) is 0 Å². The van der Waals surface area contributed by atoms with Gasteiger partial charge in [0.2, 0.25) is 0 Å². The van der Waals surface area contributed by atoms with Crippen LogP contribution in [0.3, 0.4) is 0 Å². The number of rotatable bonds is 0. The first kappa shape index (κ1) is 10.6. The lowest BCUT2D eigenvalue weighted by atomic mass is 9.68. The second kappa shape index (κ2) is 2.80. The first-order valence-electron chi connectivity index (χ1n) is 5.06. The van der Waals surface area contributed by atoms with Gasteiger partial charge in [-0.05, 0) is 12.8 Å². The minimum atomic E-state index is -0.715. The van der Waals surface area contributed by atoms with Crippen LogP contribution in [-0.2, 0) is 0 Å². The summed E-state index contributed by atoms with van der Waals surface area (Å²) in [6.45, 7) is 3.57. The Morgan fingerprint density at radius 3 is 1.50 bits per heavy atom. The van der Waals surface area contributed by atoms with Crippen LogP contribution in [0.4, 0.5) is 0 Å². The van der Waals surface area contributed by atoms with Gasteiger partial charge in [0, 0.05) is 10.8 Å². The number of aliphatic hydroxyl groups excluding tert-OH is 2. The molecule has 0 heterocycles. The molecule has 2 aliphatic rings. The van der Waals surface area contributed by atoms with Gasteiger partial charge in [0.15, 0.2) is 0 Å². The summed E-state index contributed by atoms with van der Waals surface area (Å²) in [5.41, 5.74) is -0.803. The van der Waals surface area contributed by atoms with Gasteiger partial charge in [0.1, 0.15) is 11.5 Å². The summed E-state index contributed by atoms with van der Waals surface area (Å²) in [5.74, 6) is 0.0450. The van der Waals surface area contributed by atoms with Gasteiger partial charge in [0.25, 0.3) is 0 Å². The van der Waals surface area contributed by atoms with Crippen molar-refractivity contribution < 1.29 is 10.2 Å². The lowest BCUT2D eigenvalue weighted by Crippen LogP contribution is -2.32. The summed E-state index contributed by atoms with van der Waals surface area (Å²) < 4.78 is 0. The molecular weight excluding hydrogens is 204 g/mol. The van der Waals surface area contributed by atoms with E-state index in [1.54, 1.807) is 13.8 Å². The minimum absolute atomic E-state index is 0.0225. The lowest BCUT2D eigenvalue weighted by Gasteiger charge is -2.34. The molecule has 0 aromatic heterocycles. The van der Waals surface area contributed by atoms with E-state index in [2.05, 4.69) is 0 Å². The highest BCUT2D eigenvalue weighted by molar-refractivity contribution is 5.49. The molecule has 2 N–H and O–H groups in total. The Hall–Kier alpha value is -1.94. The van der Waals surface area contributed by atoms with Gasteiger partial charge in [-0.2, -0.15) is 10.5 Å². The van der Waals surface area contributed by atoms with E-state index in [9.17, 15) is 10.2 Å². The summed E-state index contributed by atoms with van der Waals surface area (Å²) in [4.78, 5) is 0. The average Bonchev–Trinajstić information content (AvgIpc) is 2.58. The molecule has 2 aliphatic carbocycles. The fourth-order valence-electron chi connectivity index (χ4n) is 2.81. The Labute approximate surface area is 93.7 Å². The van der Waals surface area contributed by atoms with Gasteiger partial charge in [-0.25, -0.2) is 0 Å². The predicted molar refractivity (Wildman–Crippen MR) is 56.0 cm³/mol. The molecule has 4 heteroatoms. The second-order valence-electron chi connectivity index (χ2n) is 4.90. The molecule has 0 radical (unpaired) electrons. The summed E-state index contributed by atoms with van der Waals surface area (Å²) >= 11 is 0. The van der Waals surface area contributed by atoms with Crippen LogP contribution in [0.1, 0.15) is 26.7 Å². The fraction of sp³-hybridized carbons (Fsp3) is 0.500. The molecule has 2 rings (SSSR count). The van der Waals surface area contributed by atoms with Crippen LogP contribution in [0.25, 0.3) is 0 Å². The molecule has 0 aromatic rings. The Balaban J connectivity index is 2.60.